The Morgan fingerprint density at radius 2 is 1.88 bits per heavy atom. The molecule has 4 rings (SSSR count). The Balaban J connectivity index is 1.84. The number of halogens is 1. The summed E-state index contributed by atoms with van der Waals surface area (Å²) in [6.07, 6.45) is 6.32. The minimum Gasteiger partial charge on any atom is -0.492 e. The molecule has 2 aromatic heterocycles. The molecule has 5 nitrogen and oxygen atoms in total. The molecule has 1 saturated heterocycles. The van der Waals surface area contributed by atoms with Crippen molar-refractivity contribution in [1.29, 1.82) is 0 Å². The highest BCUT2D eigenvalue weighted by molar-refractivity contribution is 7.17. The smallest absolute Gasteiger partial charge is 0.230 e. The van der Waals surface area contributed by atoms with E-state index in [0.29, 0.717) is 4.96 Å². The number of nitrogens with zero attached hydrogens (tertiary/aromatic N) is 4. The summed E-state index contributed by atoms with van der Waals surface area (Å²) in [7, 11) is 0. The Morgan fingerprint density at radius 3 is 2.58 bits per heavy atom. The molecule has 3 aromatic rings. The van der Waals surface area contributed by atoms with E-state index < -0.39 is 0 Å². The fraction of sp³-hybridized carbons (Fsp3) is 0.412. The number of thiazole rings is 1. The largest absolute Gasteiger partial charge is 0.492 e. The minimum absolute atomic E-state index is 0.0645. The molecule has 126 valence electrons. The predicted octanol–water partition coefficient (Wildman–Crippen LogP) is 4.12. The fourth-order valence-corrected chi connectivity index (χ4v) is 4.75. The van der Waals surface area contributed by atoms with Crippen LogP contribution in [-0.4, -0.2) is 37.7 Å². The lowest BCUT2D eigenvalue weighted by Crippen LogP contribution is -2.30. The van der Waals surface area contributed by atoms with Gasteiger partial charge in [0.2, 0.25) is 10.8 Å². The van der Waals surface area contributed by atoms with Crippen LogP contribution in [-0.2, 0) is 0 Å². The number of likely N-dealkylation sites (tertiary alicyclic amines) is 1. The first-order valence-corrected chi connectivity index (χ1v) is 9.45. The second-order valence-electron chi connectivity index (χ2n) is 6.12. The zero-order chi connectivity index (χ0) is 16.5. The second kappa shape index (κ2) is 6.70. The van der Waals surface area contributed by atoms with E-state index in [0.717, 1.165) is 28.6 Å². The summed E-state index contributed by atoms with van der Waals surface area (Å²) in [6.45, 7) is 2.01. The minimum atomic E-state index is -0.0645. The van der Waals surface area contributed by atoms with Crippen molar-refractivity contribution in [2.75, 3.05) is 13.1 Å². The molecule has 1 atom stereocenters. The van der Waals surface area contributed by atoms with Crippen molar-refractivity contribution < 1.29 is 5.11 Å². The van der Waals surface area contributed by atoms with Gasteiger partial charge >= 0.3 is 0 Å². The third kappa shape index (κ3) is 2.79. The first-order valence-electron chi connectivity index (χ1n) is 8.25. The molecule has 1 fully saturated rings. The summed E-state index contributed by atoms with van der Waals surface area (Å²) in [5.74, 6) is 0.168. The standard InChI is InChI=1S/C17H19ClN4OS/c18-13-8-4-3-7-12(13)14(21-9-5-1-2-6-10-21)15-16(23)22-17(24-15)19-11-20-22/h3-4,7-8,11,14,23H,1-2,5-6,9-10H2/t14-/m1/s1. The Bertz CT molecular complexity index is 838. The maximum Gasteiger partial charge on any atom is 0.230 e. The molecule has 7 heteroatoms. The van der Waals surface area contributed by atoms with Gasteiger partial charge in [0.15, 0.2) is 0 Å². The summed E-state index contributed by atoms with van der Waals surface area (Å²) >= 11 is 7.99. The average Bonchev–Trinajstić information content (AvgIpc) is 3.04. The van der Waals surface area contributed by atoms with Gasteiger partial charge < -0.3 is 5.11 Å². The SMILES string of the molecule is Oc1c([C@@H](c2ccccc2Cl)N2CCCCCC2)sc2ncnn12. The fourth-order valence-electron chi connectivity index (χ4n) is 3.43. The lowest BCUT2D eigenvalue weighted by molar-refractivity contribution is 0.233. The van der Waals surface area contributed by atoms with Crippen LogP contribution < -0.4 is 0 Å². The molecule has 0 spiro atoms. The summed E-state index contributed by atoms with van der Waals surface area (Å²) < 4.78 is 1.50. The van der Waals surface area contributed by atoms with Crippen LogP contribution in [0.5, 0.6) is 5.88 Å². The zero-order valence-electron chi connectivity index (χ0n) is 13.2. The van der Waals surface area contributed by atoms with Crippen LogP contribution in [0.1, 0.15) is 42.2 Å². The van der Waals surface area contributed by atoms with Gasteiger partial charge in [-0.05, 0) is 37.6 Å². The molecular weight excluding hydrogens is 344 g/mol. The van der Waals surface area contributed by atoms with Crippen molar-refractivity contribution in [3.05, 3.63) is 46.1 Å². The predicted molar refractivity (Wildman–Crippen MR) is 95.9 cm³/mol. The Kier molecular flexibility index (Phi) is 4.43. The molecule has 1 N–H and O–H groups in total. The molecule has 0 aliphatic carbocycles. The van der Waals surface area contributed by atoms with Gasteiger partial charge in [-0.25, -0.2) is 4.98 Å². The summed E-state index contributed by atoms with van der Waals surface area (Å²) in [5.41, 5.74) is 1.03. The van der Waals surface area contributed by atoms with Crippen molar-refractivity contribution in [2.24, 2.45) is 0 Å². The average molecular weight is 363 g/mol. The molecule has 1 aliphatic heterocycles. The third-order valence-electron chi connectivity index (χ3n) is 4.59. The quantitative estimate of drug-likeness (QED) is 0.761. The van der Waals surface area contributed by atoms with Crippen LogP contribution in [0.2, 0.25) is 5.02 Å². The van der Waals surface area contributed by atoms with Gasteiger partial charge in [0.25, 0.3) is 0 Å². The first-order chi connectivity index (χ1) is 11.8. The van der Waals surface area contributed by atoms with Crippen molar-refractivity contribution >= 4 is 27.9 Å². The van der Waals surface area contributed by atoms with Crippen molar-refractivity contribution in [1.82, 2.24) is 19.5 Å². The van der Waals surface area contributed by atoms with E-state index in [4.69, 9.17) is 11.6 Å². The van der Waals surface area contributed by atoms with Crippen LogP contribution in [0.3, 0.4) is 0 Å². The highest BCUT2D eigenvalue weighted by atomic mass is 35.5. The van der Waals surface area contributed by atoms with Gasteiger partial charge in [-0.2, -0.15) is 9.61 Å². The molecule has 0 bridgehead atoms. The van der Waals surface area contributed by atoms with Gasteiger partial charge in [0.05, 0.1) is 10.9 Å². The lowest BCUT2D eigenvalue weighted by atomic mass is 10.0. The van der Waals surface area contributed by atoms with Crippen molar-refractivity contribution in [3.8, 4) is 5.88 Å². The third-order valence-corrected chi connectivity index (χ3v) is 6.02. The van der Waals surface area contributed by atoms with E-state index in [1.807, 2.05) is 24.3 Å². The summed E-state index contributed by atoms with van der Waals surface area (Å²) in [6, 6.07) is 7.84. The van der Waals surface area contributed by atoms with E-state index in [9.17, 15) is 5.11 Å². The Morgan fingerprint density at radius 1 is 1.12 bits per heavy atom. The monoisotopic (exact) mass is 362 g/mol. The van der Waals surface area contributed by atoms with E-state index in [2.05, 4.69) is 15.0 Å². The van der Waals surface area contributed by atoms with Gasteiger partial charge in [-0.15, -0.1) is 0 Å². The molecule has 24 heavy (non-hydrogen) atoms. The number of fused-ring (bicyclic) bond motifs is 1. The lowest BCUT2D eigenvalue weighted by Gasteiger charge is -2.30. The Hall–Kier alpha value is -1.63. The molecule has 0 amide bonds. The molecule has 1 aromatic carbocycles. The maximum atomic E-state index is 10.7. The van der Waals surface area contributed by atoms with Gasteiger partial charge in [-0.1, -0.05) is 54.0 Å². The van der Waals surface area contributed by atoms with E-state index >= 15 is 0 Å². The number of hydrogen-bond donors (Lipinski definition) is 1. The summed E-state index contributed by atoms with van der Waals surface area (Å²) in [4.78, 5) is 8.22. The number of hydrogen-bond acceptors (Lipinski definition) is 5. The molecule has 0 saturated carbocycles. The topological polar surface area (TPSA) is 53.7 Å². The number of aromatic nitrogens is 3. The van der Waals surface area contributed by atoms with E-state index in [-0.39, 0.29) is 11.9 Å². The van der Waals surface area contributed by atoms with E-state index in [1.54, 1.807) is 0 Å². The van der Waals surface area contributed by atoms with Crippen LogP contribution in [0.25, 0.3) is 4.96 Å². The number of rotatable bonds is 3. The van der Waals surface area contributed by atoms with Crippen molar-refractivity contribution in [2.45, 2.75) is 31.7 Å². The molecular formula is C17H19ClN4OS. The molecule has 3 heterocycles. The number of aromatic hydroxyl groups is 1. The molecule has 1 aliphatic rings. The van der Waals surface area contributed by atoms with E-state index in [1.165, 1.54) is 47.9 Å². The zero-order valence-corrected chi connectivity index (χ0v) is 14.8. The van der Waals surface area contributed by atoms with Crippen LogP contribution in [0, 0.1) is 0 Å². The molecule has 0 unspecified atom stereocenters. The number of benzene rings is 1. The van der Waals surface area contributed by atoms with Crippen molar-refractivity contribution in [3.63, 3.8) is 0 Å². The highest BCUT2D eigenvalue weighted by Crippen LogP contribution is 2.42. The molecule has 0 radical (unpaired) electrons. The van der Waals surface area contributed by atoms with Gasteiger partial charge in [-0.3, -0.25) is 4.90 Å². The first kappa shape index (κ1) is 15.9. The van der Waals surface area contributed by atoms with Gasteiger partial charge in [0.1, 0.15) is 6.33 Å². The highest BCUT2D eigenvalue weighted by Gasteiger charge is 2.30. The Labute approximate surface area is 149 Å². The van der Waals surface area contributed by atoms with Crippen LogP contribution in [0.4, 0.5) is 0 Å². The maximum absolute atomic E-state index is 10.7. The normalized spacial score (nSPS) is 17.9. The second-order valence-corrected chi connectivity index (χ2v) is 7.53. The van der Waals surface area contributed by atoms with Gasteiger partial charge in [0, 0.05) is 5.02 Å². The summed E-state index contributed by atoms with van der Waals surface area (Å²) in [5, 5.41) is 15.5. The van der Waals surface area contributed by atoms with Crippen LogP contribution in [0.15, 0.2) is 30.6 Å². The van der Waals surface area contributed by atoms with Crippen LogP contribution >= 0.6 is 22.9 Å².